The predicted octanol–water partition coefficient (Wildman–Crippen LogP) is 4.67. The van der Waals surface area contributed by atoms with Crippen LogP contribution in [0.3, 0.4) is 0 Å². The van der Waals surface area contributed by atoms with E-state index in [0.717, 1.165) is 31.5 Å². The molecule has 2 aliphatic rings. The Morgan fingerprint density at radius 2 is 2.09 bits per heavy atom. The first-order chi connectivity index (χ1) is 15.6. The zero-order chi connectivity index (χ0) is 23.0. The molecule has 1 aromatic carbocycles. The van der Waals surface area contributed by atoms with Crippen LogP contribution >= 0.6 is 0 Å². The summed E-state index contributed by atoms with van der Waals surface area (Å²) in [6.07, 6.45) is 24.2. The second kappa shape index (κ2) is 14.7. The highest BCUT2D eigenvalue weighted by molar-refractivity contribution is 5.66. The van der Waals surface area contributed by atoms with Gasteiger partial charge in [-0.15, -0.1) is 0 Å². The van der Waals surface area contributed by atoms with Crippen LogP contribution < -0.4 is 21.5 Å². The van der Waals surface area contributed by atoms with Crippen molar-refractivity contribution < 1.29 is 0 Å². The Kier molecular flexibility index (Phi) is 11.5. The van der Waals surface area contributed by atoms with Crippen molar-refractivity contribution in [1.82, 2.24) is 5.32 Å². The molecule has 32 heavy (non-hydrogen) atoms. The van der Waals surface area contributed by atoms with Crippen LogP contribution in [0.4, 0.5) is 0 Å². The van der Waals surface area contributed by atoms with Gasteiger partial charge in [-0.2, -0.15) is 0 Å². The van der Waals surface area contributed by atoms with Crippen LogP contribution in [0.2, 0.25) is 0 Å². The topological polar surface area (TPSA) is 38.0 Å². The summed E-state index contributed by atoms with van der Waals surface area (Å²) in [6, 6.07) is 8.39. The van der Waals surface area contributed by atoms with Gasteiger partial charge in [0.15, 0.2) is 0 Å². The van der Waals surface area contributed by atoms with Crippen LogP contribution in [0.15, 0.2) is 96.8 Å². The van der Waals surface area contributed by atoms with Crippen molar-refractivity contribution in [2.75, 3.05) is 13.1 Å². The summed E-state index contributed by atoms with van der Waals surface area (Å²) in [6.45, 7) is 9.36. The Balaban J connectivity index is 0.000000233. The van der Waals surface area contributed by atoms with Gasteiger partial charge in [-0.25, -0.2) is 0 Å². The minimum absolute atomic E-state index is 0.440. The number of nitrogens with one attached hydrogen (secondary N) is 1. The molecule has 0 saturated heterocycles. The lowest BCUT2D eigenvalue weighted by Gasteiger charge is -2.07. The maximum atomic E-state index is 5.37. The van der Waals surface area contributed by atoms with Gasteiger partial charge in [0.1, 0.15) is 0 Å². The normalized spacial score (nSPS) is 16.1. The van der Waals surface area contributed by atoms with E-state index < -0.39 is 0 Å². The number of hydrogen-bond donors (Lipinski definition) is 2. The molecule has 3 rings (SSSR count). The average Bonchev–Trinajstić information content (AvgIpc) is 2.82. The number of nitrogens with two attached hydrogens (primary N) is 1. The van der Waals surface area contributed by atoms with E-state index in [9.17, 15) is 0 Å². The van der Waals surface area contributed by atoms with E-state index in [2.05, 4.69) is 110 Å². The molecule has 0 saturated carbocycles. The van der Waals surface area contributed by atoms with E-state index in [1.54, 1.807) is 0 Å². The Bertz CT molecular complexity index is 1080. The molecule has 0 aliphatic heterocycles. The molecule has 1 aromatic rings. The number of benzene rings is 1. The molecule has 0 unspecified atom stereocenters. The van der Waals surface area contributed by atoms with Crippen molar-refractivity contribution in [2.45, 2.75) is 33.1 Å². The van der Waals surface area contributed by atoms with Crippen molar-refractivity contribution >= 4 is 11.6 Å². The Morgan fingerprint density at radius 1 is 1.25 bits per heavy atom. The molecule has 166 valence electrons. The Morgan fingerprint density at radius 3 is 2.81 bits per heavy atom. The molecule has 3 N–H and O–H groups in total. The monoisotopic (exact) mass is 424 g/mol. The second-order valence-electron chi connectivity index (χ2n) is 7.93. The summed E-state index contributed by atoms with van der Waals surface area (Å²) in [5.41, 5.74) is 9.06. The van der Waals surface area contributed by atoms with Crippen molar-refractivity contribution in [1.29, 1.82) is 0 Å². The lowest BCUT2D eigenvalue weighted by molar-refractivity contribution is 0.825. The minimum atomic E-state index is 0.440. The maximum absolute atomic E-state index is 5.37. The molecular formula is C30H36N2. The Labute approximate surface area is 194 Å². The molecule has 0 heterocycles. The first kappa shape index (κ1) is 25.0. The van der Waals surface area contributed by atoms with E-state index >= 15 is 0 Å². The lowest BCUT2D eigenvalue weighted by Crippen LogP contribution is -2.28. The number of rotatable bonds is 6. The van der Waals surface area contributed by atoms with Gasteiger partial charge in [0.2, 0.25) is 0 Å². The summed E-state index contributed by atoms with van der Waals surface area (Å²) < 4.78 is 0. The van der Waals surface area contributed by atoms with E-state index in [1.807, 2.05) is 12.2 Å². The van der Waals surface area contributed by atoms with E-state index in [0.29, 0.717) is 12.5 Å². The largest absolute Gasteiger partial charge is 0.382 e. The standard InChI is InChI=1S/C17H23N.C13H13N/c1-4-8-17(12-11-15(2)3)18-14-13-16-9-6-5-7-10-16;14-10-4-8-12-7-3-6-11-5-1-2-9-13(11)12/h4-9,11-13,15,18H,1,10,14H2,2-3H3;1-2,5-6,9H,3,7,10,14H2/b12-11-,16-13-,17-8+;. The van der Waals surface area contributed by atoms with E-state index in [1.165, 1.54) is 21.6 Å². The first-order valence-electron chi connectivity index (χ1n) is 11.4. The number of allylic oxidation sites excluding steroid dienone is 9. The van der Waals surface area contributed by atoms with Crippen LogP contribution in [0, 0.1) is 17.8 Å². The fourth-order valence-electron chi connectivity index (χ4n) is 3.32. The SMILES string of the molecule is C=C/C=C(\C=C/C(C)C)NC/C=C1/C=CC=CC1.NCC#CC1=c2ccccc2=CCC1. The van der Waals surface area contributed by atoms with Gasteiger partial charge in [0.25, 0.3) is 0 Å². The van der Waals surface area contributed by atoms with Crippen molar-refractivity contribution in [3.05, 3.63) is 107 Å². The van der Waals surface area contributed by atoms with Crippen molar-refractivity contribution in [3.8, 4) is 11.8 Å². The highest BCUT2D eigenvalue weighted by Crippen LogP contribution is 2.09. The summed E-state index contributed by atoms with van der Waals surface area (Å²) in [5.74, 6) is 6.64. The zero-order valence-electron chi connectivity index (χ0n) is 19.5. The summed E-state index contributed by atoms with van der Waals surface area (Å²) in [7, 11) is 0. The molecule has 2 aliphatic carbocycles. The van der Waals surface area contributed by atoms with Gasteiger partial charge >= 0.3 is 0 Å². The van der Waals surface area contributed by atoms with E-state index in [-0.39, 0.29) is 0 Å². The highest BCUT2D eigenvalue weighted by Gasteiger charge is 2.00. The maximum Gasteiger partial charge on any atom is 0.0555 e. The molecular weight excluding hydrogens is 388 g/mol. The quantitative estimate of drug-likeness (QED) is 0.514. The average molecular weight is 425 g/mol. The number of hydrogen-bond acceptors (Lipinski definition) is 2. The van der Waals surface area contributed by atoms with E-state index in [4.69, 9.17) is 5.73 Å². The summed E-state index contributed by atoms with van der Waals surface area (Å²) in [5, 5.41) is 5.98. The zero-order valence-corrected chi connectivity index (χ0v) is 19.5. The Hall–Kier alpha value is -3.28. The highest BCUT2D eigenvalue weighted by atomic mass is 14.9. The molecule has 0 bridgehead atoms. The smallest absolute Gasteiger partial charge is 0.0555 e. The van der Waals surface area contributed by atoms with Crippen LogP contribution in [-0.4, -0.2) is 13.1 Å². The van der Waals surface area contributed by atoms with Gasteiger partial charge in [0, 0.05) is 17.8 Å². The number of fused-ring (bicyclic) bond motifs is 1. The molecule has 0 fully saturated rings. The van der Waals surface area contributed by atoms with Gasteiger partial charge < -0.3 is 11.1 Å². The molecule has 0 spiro atoms. The lowest BCUT2D eigenvalue weighted by atomic mass is 10.0. The van der Waals surface area contributed by atoms with Gasteiger partial charge in [-0.05, 0) is 53.3 Å². The van der Waals surface area contributed by atoms with Crippen molar-refractivity contribution in [2.24, 2.45) is 11.7 Å². The molecule has 0 amide bonds. The summed E-state index contributed by atoms with van der Waals surface area (Å²) in [4.78, 5) is 0. The third kappa shape index (κ3) is 9.25. The van der Waals surface area contributed by atoms with Gasteiger partial charge in [-0.3, -0.25) is 0 Å². The predicted molar refractivity (Wildman–Crippen MR) is 141 cm³/mol. The van der Waals surface area contributed by atoms with Crippen LogP contribution in [-0.2, 0) is 0 Å². The molecule has 2 heteroatoms. The third-order valence-electron chi connectivity index (χ3n) is 4.93. The molecule has 0 radical (unpaired) electrons. The van der Waals surface area contributed by atoms with Crippen LogP contribution in [0.1, 0.15) is 33.1 Å². The third-order valence-corrected chi connectivity index (χ3v) is 4.93. The van der Waals surface area contributed by atoms with Crippen LogP contribution in [0.5, 0.6) is 0 Å². The molecule has 0 aromatic heterocycles. The van der Waals surface area contributed by atoms with Gasteiger partial charge in [-0.1, -0.05) is 105 Å². The molecule has 2 nitrogen and oxygen atoms in total. The fraction of sp³-hybridized carbons (Fsp3) is 0.267. The van der Waals surface area contributed by atoms with Crippen LogP contribution in [0.25, 0.3) is 11.6 Å². The first-order valence-corrected chi connectivity index (χ1v) is 11.4. The minimum Gasteiger partial charge on any atom is -0.382 e. The summed E-state index contributed by atoms with van der Waals surface area (Å²) >= 11 is 0. The fourth-order valence-corrected chi connectivity index (χ4v) is 3.32. The molecule has 0 atom stereocenters. The van der Waals surface area contributed by atoms with Gasteiger partial charge in [0.05, 0.1) is 6.54 Å². The second-order valence-corrected chi connectivity index (χ2v) is 7.93. The van der Waals surface area contributed by atoms with Crippen molar-refractivity contribution in [3.63, 3.8) is 0 Å².